The lowest BCUT2D eigenvalue weighted by Gasteiger charge is -2.25. The standard InChI is InChI=1S/C37H42ClN3O2/c1-5-6-11-22-37(3,4)27-17-13-19-30-34(36(40)41-35(30)39)31(29-18-8-9-20-32(29)38)24-28(23-27)43-33-21-10-7-15-26(33)16-12-14-25(2)42/h7-10,13,15,17-21,23-24H,5-6,11-12,14,16,22H2,1-4H3,(H3,39,40,41). The van der Waals surface area contributed by atoms with Gasteiger partial charge >= 0.3 is 0 Å². The minimum atomic E-state index is -0.136. The van der Waals surface area contributed by atoms with Crippen molar-refractivity contribution >= 4 is 29.1 Å². The van der Waals surface area contributed by atoms with Crippen LogP contribution in [0.2, 0.25) is 5.02 Å². The van der Waals surface area contributed by atoms with Gasteiger partial charge in [-0.05, 0) is 72.6 Å². The molecule has 1 heterocycles. The number of ketones is 1. The molecule has 3 N–H and O–H groups in total. The van der Waals surface area contributed by atoms with Crippen molar-refractivity contribution in [3.05, 3.63) is 106 Å². The van der Waals surface area contributed by atoms with E-state index in [1.165, 1.54) is 6.42 Å². The maximum Gasteiger partial charge on any atom is 0.154 e. The molecular weight excluding hydrogens is 554 g/mol. The van der Waals surface area contributed by atoms with E-state index >= 15 is 0 Å². The van der Waals surface area contributed by atoms with Crippen LogP contribution in [0.15, 0.2) is 83.9 Å². The molecule has 3 aromatic carbocycles. The summed E-state index contributed by atoms with van der Waals surface area (Å²) in [5.41, 5.74) is 11.3. The average Bonchev–Trinajstić information content (AvgIpc) is 3.24. The van der Waals surface area contributed by atoms with Crippen molar-refractivity contribution in [3.8, 4) is 22.6 Å². The van der Waals surface area contributed by atoms with Crippen LogP contribution in [0, 0.1) is 5.41 Å². The number of fused-ring (bicyclic) bond motifs is 1. The van der Waals surface area contributed by atoms with Gasteiger partial charge in [0.05, 0.1) is 0 Å². The molecule has 4 rings (SSSR count). The van der Waals surface area contributed by atoms with Crippen LogP contribution in [0.4, 0.5) is 0 Å². The van der Waals surface area contributed by atoms with Gasteiger partial charge in [0.2, 0.25) is 0 Å². The van der Waals surface area contributed by atoms with Gasteiger partial charge in [0, 0.05) is 28.1 Å². The van der Waals surface area contributed by atoms with Crippen LogP contribution >= 0.6 is 11.6 Å². The molecule has 0 aliphatic carbocycles. The van der Waals surface area contributed by atoms with Gasteiger partial charge in [-0.1, -0.05) is 106 Å². The number of nitrogens with two attached hydrogens (primary N) is 1. The van der Waals surface area contributed by atoms with Gasteiger partial charge in [-0.2, -0.15) is 0 Å². The van der Waals surface area contributed by atoms with Crippen LogP contribution in [0.5, 0.6) is 11.5 Å². The summed E-state index contributed by atoms with van der Waals surface area (Å²) in [6.07, 6.45) is 6.48. The average molecular weight is 596 g/mol. The largest absolute Gasteiger partial charge is 0.457 e. The number of nitrogens with zero attached hydrogens (tertiary/aromatic N) is 1. The van der Waals surface area contributed by atoms with Crippen molar-refractivity contribution in [1.29, 1.82) is 5.41 Å². The number of hydrogen-bond acceptors (Lipinski definition) is 4. The van der Waals surface area contributed by atoms with Crippen molar-refractivity contribution in [2.75, 3.05) is 0 Å². The number of hydrogen-bond donors (Lipinski definition) is 2. The molecule has 0 saturated heterocycles. The fourth-order valence-electron chi connectivity index (χ4n) is 5.44. The number of carbonyl (C=O) groups excluding carboxylic acids is 1. The SMILES string of the molecule is CCCCCC(C)(C)c1cccc2c(c(-c3ccccc3Cl)cc(Oc3ccccc3CCCC(C)=O)c1)C(N)=NC2=N. The van der Waals surface area contributed by atoms with E-state index in [4.69, 9.17) is 27.5 Å². The second kappa shape index (κ2) is 14.5. The Balaban J connectivity index is 1.99. The maximum absolute atomic E-state index is 11.6. The van der Waals surface area contributed by atoms with Gasteiger partial charge in [0.25, 0.3) is 0 Å². The zero-order valence-electron chi connectivity index (χ0n) is 25.7. The van der Waals surface area contributed by atoms with Gasteiger partial charge in [0.1, 0.15) is 23.1 Å². The third-order valence-corrected chi connectivity index (χ3v) is 8.26. The van der Waals surface area contributed by atoms with Crippen molar-refractivity contribution in [2.24, 2.45) is 10.7 Å². The van der Waals surface area contributed by atoms with Gasteiger partial charge < -0.3 is 15.3 Å². The van der Waals surface area contributed by atoms with E-state index in [0.29, 0.717) is 28.3 Å². The van der Waals surface area contributed by atoms with E-state index in [2.05, 4.69) is 37.9 Å². The molecule has 1 aliphatic rings. The molecule has 5 nitrogen and oxygen atoms in total. The number of para-hydroxylation sites is 1. The van der Waals surface area contributed by atoms with Gasteiger partial charge in [-0.3, -0.25) is 5.41 Å². The molecule has 0 spiro atoms. The van der Waals surface area contributed by atoms with E-state index in [9.17, 15) is 4.79 Å². The highest BCUT2D eigenvalue weighted by Gasteiger charge is 2.24. The topological polar surface area (TPSA) is 88.5 Å². The highest BCUT2D eigenvalue weighted by atomic mass is 35.5. The Labute approximate surface area is 261 Å². The number of benzene rings is 2. The zero-order chi connectivity index (χ0) is 31.0. The lowest BCUT2D eigenvalue weighted by atomic mass is 9.80. The van der Waals surface area contributed by atoms with E-state index in [-0.39, 0.29) is 22.9 Å². The Morgan fingerprint density at radius 2 is 1.65 bits per heavy atom. The first-order valence-electron chi connectivity index (χ1n) is 15.1. The van der Waals surface area contributed by atoms with Crippen molar-refractivity contribution < 1.29 is 9.53 Å². The molecule has 0 amide bonds. The number of amidine groups is 2. The molecule has 0 bridgehead atoms. The summed E-state index contributed by atoms with van der Waals surface area (Å²) in [6.45, 7) is 8.37. The van der Waals surface area contributed by atoms with E-state index in [1.54, 1.807) is 6.92 Å². The smallest absolute Gasteiger partial charge is 0.154 e. The molecule has 3 aromatic rings. The summed E-state index contributed by atoms with van der Waals surface area (Å²) in [5.74, 6) is 1.92. The molecule has 6 heteroatoms. The van der Waals surface area contributed by atoms with Crippen molar-refractivity contribution in [3.63, 3.8) is 0 Å². The molecule has 0 aromatic heterocycles. The van der Waals surface area contributed by atoms with Crippen LogP contribution in [0.1, 0.15) is 88.5 Å². The highest BCUT2D eigenvalue weighted by molar-refractivity contribution is 6.34. The summed E-state index contributed by atoms with van der Waals surface area (Å²) in [4.78, 5) is 16.0. The van der Waals surface area contributed by atoms with E-state index < -0.39 is 0 Å². The van der Waals surface area contributed by atoms with Crippen molar-refractivity contribution in [2.45, 2.75) is 78.1 Å². The molecule has 0 saturated carbocycles. The number of unbranched alkanes of at least 4 members (excludes halogenated alkanes) is 2. The molecule has 0 fully saturated rings. The molecule has 224 valence electrons. The summed E-state index contributed by atoms with van der Waals surface area (Å²) < 4.78 is 6.76. The first-order valence-corrected chi connectivity index (χ1v) is 15.5. The maximum atomic E-state index is 11.6. The van der Waals surface area contributed by atoms with Gasteiger partial charge in [0.15, 0.2) is 5.84 Å². The third kappa shape index (κ3) is 8.11. The molecule has 0 atom stereocenters. The van der Waals surface area contributed by atoms with Crippen LogP contribution in [-0.4, -0.2) is 17.5 Å². The predicted molar refractivity (Wildman–Crippen MR) is 179 cm³/mol. The van der Waals surface area contributed by atoms with Crippen LogP contribution in [0.3, 0.4) is 0 Å². The summed E-state index contributed by atoms with van der Waals surface area (Å²) in [5, 5.41) is 9.18. The van der Waals surface area contributed by atoms with Gasteiger partial charge in [-0.15, -0.1) is 0 Å². The zero-order valence-corrected chi connectivity index (χ0v) is 26.4. The van der Waals surface area contributed by atoms with Crippen LogP contribution in [-0.2, 0) is 16.6 Å². The lowest BCUT2D eigenvalue weighted by Crippen LogP contribution is -2.16. The Morgan fingerprint density at radius 1 is 0.930 bits per heavy atom. The van der Waals surface area contributed by atoms with E-state index in [1.807, 2.05) is 66.7 Å². The van der Waals surface area contributed by atoms with Crippen LogP contribution in [0.25, 0.3) is 11.1 Å². The van der Waals surface area contributed by atoms with Crippen molar-refractivity contribution in [1.82, 2.24) is 0 Å². The molecule has 0 radical (unpaired) electrons. The Hall–Kier alpha value is -3.96. The van der Waals surface area contributed by atoms with Gasteiger partial charge in [-0.25, -0.2) is 4.99 Å². The highest BCUT2D eigenvalue weighted by Crippen LogP contribution is 2.38. The summed E-state index contributed by atoms with van der Waals surface area (Å²) in [7, 11) is 0. The molecule has 0 unspecified atom stereocenters. The lowest BCUT2D eigenvalue weighted by molar-refractivity contribution is -0.117. The Morgan fingerprint density at radius 3 is 2.40 bits per heavy atom. The first-order chi connectivity index (χ1) is 20.6. The number of Topliss-reactive ketones (excluding diaryl/α,β-unsaturated/α-hetero) is 1. The second-order valence-electron chi connectivity index (χ2n) is 11.8. The molecule has 1 aliphatic heterocycles. The number of halogens is 1. The second-order valence-corrected chi connectivity index (χ2v) is 12.2. The summed E-state index contributed by atoms with van der Waals surface area (Å²) in [6, 6.07) is 25.7. The fourth-order valence-corrected chi connectivity index (χ4v) is 5.68. The quantitative estimate of drug-likeness (QED) is 0.204. The molecular formula is C37H42ClN3O2. The number of rotatable bonds is 12. The minimum Gasteiger partial charge on any atom is -0.457 e. The monoisotopic (exact) mass is 595 g/mol. The number of carbonyl (C=O) groups is 1. The minimum absolute atomic E-state index is 0.113. The van der Waals surface area contributed by atoms with Crippen LogP contribution < -0.4 is 10.5 Å². The predicted octanol–water partition coefficient (Wildman–Crippen LogP) is 9.74. The Kier molecular flexibility index (Phi) is 10.8. The number of nitrogens with one attached hydrogen (secondary N) is 1. The Bertz CT molecular complexity index is 1590. The number of aryl methyl sites for hydroxylation is 1. The normalized spacial score (nSPS) is 12.4. The number of ether oxygens (including phenoxy) is 1. The summed E-state index contributed by atoms with van der Waals surface area (Å²) >= 11 is 6.77. The fraction of sp³-hybridized carbons (Fsp3) is 0.324. The third-order valence-electron chi connectivity index (χ3n) is 7.93. The van der Waals surface area contributed by atoms with E-state index in [0.717, 1.165) is 60.1 Å². The molecule has 43 heavy (non-hydrogen) atoms. The number of aliphatic imine (C=N–C) groups is 1. The first kappa shape index (κ1) is 32.0.